The zero-order valence-corrected chi connectivity index (χ0v) is 27.2. The predicted molar refractivity (Wildman–Crippen MR) is 172 cm³/mol. The minimum Gasteiger partial charge on any atom is -0.453 e. The Hall–Kier alpha value is -4.59. The lowest BCUT2D eigenvalue weighted by Crippen LogP contribution is -2.44. The van der Waals surface area contributed by atoms with Gasteiger partial charge in [-0.05, 0) is 69.1 Å². The van der Waals surface area contributed by atoms with Gasteiger partial charge in [-0.2, -0.15) is 0 Å². The molecular weight excluding hydrogens is 592 g/mol. The average Bonchev–Trinajstić information content (AvgIpc) is 3.41. The molecule has 3 amide bonds. The number of nitrogens with zero attached hydrogens (tertiary/aromatic N) is 6. The SMILES string of the molecule is COC(=O)NC(CC/C=C/C(=O)N(C)C)C(=O)Nc1cccn(Cc2nc3c(CCC(C)C)ncnc3n2C2CCCCO2)c1=O. The number of imidazole rings is 1. The van der Waals surface area contributed by atoms with E-state index in [1.807, 2.05) is 4.57 Å². The van der Waals surface area contributed by atoms with Crippen LogP contribution in [0, 0.1) is 5.92 Å². The van der Waals surface area contributed by atoms with Gasteiger partial charge in [0.15, 0.2) is 5.65 Å². The van der Waals surface area contributed by atoms with Gasteiger partial charge < -0.3 is 29.6 Å². The summed E-state index contributed by atoms with van der Waals surface area (Å²) >= 11 is 0. The number of alkyl carbamates (subject to hydrolysis) is 1. The molecule has 4 rings (SSSR count). The van der Waals surface area contributed by atoms with Crippen molar-refractivity contribution in [3.8, 4) is 0 Å². The quantitative estimate of drug-likeness (QED) is 0.268. The lowest BCUT2D eigenvalue weighted by atomic mass is 10.1. The van der Waals surface area contributed by atoms with Gasteiger partial charge in [0.1, 0.15) is 35.6 Å². The van der Waals surface area contributed by atoms with Crippen molar-refractivity contribution in [3.63, 3.8) is 0 Å². The Morgan fingerprint density at radius 1 is 1.20 bits per heavy atom. The maximum atomic E-state index is 13.6. The van der Waals surface area contributed by atoms with Crippen LogP contribution in [0.25, 0.3) is 11.2 Å². The van der Waals surface area contributed by atoms with Crippen LogP contribution in [0.4, 0.5) is 10.5 Å². The van der Waals surface area contributed by atoms with Gasteiger partial charge in [-0.15, -0.1) is 0 Å². The first-order valence-corrected chi connectivity index (χ1v) is 15.6. The van der Waals surface area contributed by atoms with Crippen LogP contribution < -0.4 is 16.2 Å². The van der Waals surface area contributed by atoms with Crippen LogP contribution in [-0.4, -0.2) is 80.7 Å². The Bertz CT molecular complexity index is 1610. The van der Waals surface area contributed by atoms with Crippen molar-refractivity contribution in [2.45, 2.75) is 77.6 Å². The summed E-state index contributed by atoms with van der Waals surface area (Å²) in [6, 6.07) is 2.15. The number of fused-ring (bicyclic) bond motifs is 1. The highest BCUT2D eigenvalue weighted by Gasteiger charge is 2.26. The van der Waals surface area contributed by atoms with Crippen LogP contribution in [-0.2, 0) is 32.0 Å². The monoisotopic (exact) mass is 636 g/mol. The average molecular weight is 637 g/mol. The second-order valence-electron chi connectivity index (χ2n) is 11.9. The second-order valence-corrected chi connectivity index (χ2v) is 11.9. The molecule has 0 bridgehead atoms. The van der Waals surface area contributed by atoms with E-state index in [2.05, 4.69) is 39.2 Å². The summed E-state index contributed by atoms with van der Waals surface area (Å²) in [6.45, 7) is 5.06. The molecule has 1 fully saturated rings. The van der Waals surface area contributed by atoms with Crippen LogP contribution in [0.5, 0.6) is 0 Å². The Morgan fingerprint density at radius 2 is 2.00 bits per heavy atom. The Morgan fingerprint density at radius 3 is 2.70 bits per heavy atom. The molecule has 46 heavy (non-hydrogen) atoms. The van der Waals surface area contributed by atoms with Gasteiger partial charge in [-0.3, -0.25) is 19.0 Å². The van der Waals surface area contributed by atoms with E-state index in [4.69, 9.17) is 9.72 Å². The summed E-state index contributed by atoms with van der Waals surface area (Å²) in [6.07, 6.45) is 10.1. The highest BCUT2D eigenvalue weighted by atomic mass is 16.5. The van der Waals surface area contributed by atoms with Crippen LogP contribution in [0.2, 0.25) is 0 Å². The number of anilines is 1. The fourth-order valence-corrected chi connectivity index (χ4v) is 5.15. The molecule has 2 N–H and O–H groups in total. The molecule has 2 atom stereocenters. The number of ether oxygens (including phenoxy) is 2. The van der Waals surface area contributed by atoms with Gasteiger partial charge in [0, 0.05) is 26.9 Å². The third-order valence-electron chi connectivity index (χ3n) is 7.73. The number of amides is 3. The minimum absolute atomic E-state index is 0.0384. The molecule has 3 aromatic heterocycles. The van der Waals surface area contributed by atoms with E-state index in [0.29, 0.717) is 35.9 Å². The number of hydrogen-bond donors (Lipinski definition) is 2. The van der Waals surface area contributed by atoms with Crippen molar-refractivity contribution in [2.75, 3.05) is 33.1 Å². The number of hydrogen-bond acceptors (Lipinski definition) is 9. The second kappa shape index (κ2) is 16.1. The normalized spacial score (nSPS) is 15.7. The van der Waals surface area contributed by atoms with Crippen LogP contribution in [0.1, 0.15) is 70.1 Å². The standard InChI is InChI=1S/C32H44N8O6/c1-21(2)15-16-22-28-29(34-20-33-22)40(27-14-8-9-18-46-27)25(37-28)19-39-17-10-12-24(31(39)43)35-30(42)23(36-32(44)45-5)11-6-7-13-26(41)38(3)4/h7,10,12-13,17,20-21,23,27H,6,8-9,11,14-16,18-19H2,1-5H3,(H,35,42)(H,36,44)/b13-7+. The number of allylic oxidation sites excluding steroid dienone is 1. The smallest absolute Gasteiger partial charge is 0.407 e. The molecule has 0 aliphatic carbocycles. The summed E-state index contributed by atoms with van der Waals surface area (Å²) in [5.74, 6) is 0.300. The van der Waals surface area contributed by atoms with E-state index in [1.54, 1.807) is 38.8 Å². The first-order valence-electron chi connectivity index (χ1n) is 15.6. The third kappa shape index (κ3) is 8.77. The molecular formula is C32H44N8O6. The largest absolute Gasteiger partial charge is 0.453 e. The van der Waals surface area contributed by atoms with Crippen molar-refractivity contribution in [2.24, 2.45) is 5.92 Å². The molecule has 1 aliphatic rings. The van der Waals surface area contributed by atoms with Crippen molar-refractivity contribution in [1.29, 1.82) is 0 Å². The lowest BCUT2D eigenvalue weighted by molar-refractivity contribution is -0.123. The Balaban J connectivity index is 1.60. The fraction of sp³-hybridized carbons (Fsp3) is 0.531. The summed E-state index contributed by atoms with van der Waals surface area (Å²) in [7, 11) is 4.46. The molecule has 0 saturated carbocycles. The molecule has 14 heteroatoms. The lowest BCUT2D eigenvalue weighted by Gasteiger charge is -2.25. The summed E-state index contributed by atoms with van der Waals surface area (Å²) in [5.41, 5.74) is 1.82. The highest BCUT2D eigenvalue weighted by Crippen LogP contribution is 2.29. The van der Waals surface area contributed by atoms with Crippen LogP contribution in [0.15, 0.2) is 41.6 Å². The van der Waals surface area contributed by atoms with Crippen molar-refractivity contribution >= 4 is 34.8 Å². The number of aromatic nitrogens is 5. The number of likely N-dealkylation sites (N-methyl/N-ethyl adjacent to an activating group) is 1. The first-order chi connectivity index (χ1) is 22.1. The topological polar surface area (TPSA) is 163 Å². The zero-order valence-electron chi connectivity index (χ0n) is 27.2. The van der Waals surface area contributed by atoms with E-state index < -0.39 is 23.6 Å². The van der Waals surface area contributed by atoms with E-state index in [1.165, 1.54) is 28.7 Å². The number of aryl methyl sites for hydroxylation is 1. The molecule has 1 saturated heterocycles. The van der Waals surface area contributed by atoms with Crippen molar-refractivity contribution < 1.29 is 23.9 Å². The maximum Gasteiger partial charge on any atom is 0.407 e. The number of carbonyl (C=O) groups excluding carboxylic acids is 3. The molecule has 4 heterocycles. The highest BCUT2D eigenvalue weighted by molar-refractivity contribution is 5.96. The van der Waals surface area contributed by atoms with Crippen LogP contribution in [0.3, 0.4) is 0 Å². The Labute approximate surface area is 268 Å². The third-order valence-corrected chi connectivity index (χ3v) is 7.73. The fourth-order valence-electron chi connectivity index (χ4n) is 5.15. The van der Waals surface area contributed by atoms with Crippen molar-refractivity contribution in [3.05, 3.63) is 58.7 Å². The number of pyridine rings is 1. The first kappa shape index (κ1) is 34.3. The number of carbonyl (C=O) groups is 3. The molecule has 1 aliphatic heterocycles. The van der Waals surface area contributed by atoms with Gasteiger partial charge in [0.2, 0.25) is 11.8 Å². The summed E-state index contributed by atoms with van der Waals surface area (Å²) in [5, 5.41) is 5.16. The molecule has 14 nitrogen and oxygen atoms in total. The predicted octanol–water partition coefficient (Wildman–Crippen LogP) is 3.41. The molecule has 0 aromatic carbocycles. The van der Waals surface area contributed by atoms with Gasteiger partial charge >= 0.3 is 6.09 Å². The van der Waals surface area contributed by atoms with Crippen molar-refractivity contribution in [1.82, 2.24) is 34.3 Å². The van der Waals surface area contributed by atoms with Gasteiger partial charge in [0.25, 0.3) is 5.56 Å². The molecule has 0 radical (unpaired) electrons. The van der Waals surface area contributed by atoms with Gasteiger partial charge in [-0.25, -0.2) is 19.7 Å². The van der Waals surface area contributed by atoms with E-state index in [0.717, 1.165) is 37.8 Å². The number of rotatable bonds is 13. The molecule has 0 spiro atoms. The number of nitrogens with one attached hydrogen (secondary N) is 2. The zero-order chi connectivity index (χ0) is 33.2. The Kier molecular flexibility index (Phi) is 12.0. The van der Waals surface area contributed by atoms with E-state index >= 15 is 0 Å². The summed E-state index contributed by atoms with van der Waals surface area (Å²) < 4.78 is 14.3. The molecule has 248 valence electrons. The van der Waals surface area contributed by atoms with Gasteiger partial charge in [0.05, 0.1) is 19.3 Å². The van der Waals surface area contributed by atoms with Gasteiger partial charge in [-0.1, -0.05) is 19.9 Å². The van der Waals surface area contributed by atoms with E-state index in [9.17, 15) is 19.2 Å². The van der Waals surface area contributed by atoms with Crippen LogP contribution >= 0.6 is 0 Å². The molecule has 3 aromatic rings. The van der Waals surface area contributed by atoms with E-state index in [-0.39, 0.29) is 30.8 Å². The number of methoxy groups -OCH3 is 1. The molecule has 2 unspecified atom stereocenters. The maximum absolute atomic E-state index is 13.6. The summed E-state index contributed by atoms with van der Waals surface area (Å²) in [4.78, 5) is 66.2. The minimum atomic E-state index is -1.02.